The van der Waals surface area contributed by atoms with Crippen molar-refractivity contribution in [1.82, 2.24) is 16.1 Å². The maximum Gasteiger partial charge on any atom is 0.244 e. The van der Waals surface area contributed by atoms with E-state index >= 15 is 0 Å². The Balaban J connectivity index is 1.76. The molecular weight excluding hydrogens is 529 g/mol. The molecule has 0 aromatic heterocycles. The van der Waals surface area contributed by atoms with E-state index in [4.69, 9.17) is 9.94 Å². The molecule has 2 atom stereocenters. The molecule has 0 aliphatic heterocycles. The van der Waals surface area contributed by atoms with Gasteiger partial charge in [0.25, 0.3) is 0 Å². The molecule has 0 spiro atoms. The summed E-state index contributed by atoms with van der Waals surface area (Å²) >= 11 is 0. The molecule has 0 fully saturated rings. The molecule has 0 aliphatic rings. The summed E-state index contributed by atoms with van der Waals surface area (Å²) in [6.07, 6.45) is -1.02. The van der Waals surface area contributed by atoms with Crippen molar-refractivity contribution in [3.05, 3.63) is 77.1 Å². The smallest absolute Gasteiger partial charge is 0.244 e. The molecule has 3 aromatic carbocycles. The van der Waals surface area contributed by atoms with E-state index in [0.717, 1.165) is 10.8 Å². The average molecular weight is 553 g/mol. The van der Waals surface area contributed by atoms with E-state index in [9.17, 15) is 36.3 Å². The van der Waals surface area contributed by atoms with Gasteiger partial charge in [0.2, 0.25) is 46.8 Å². The Kier molecular flexibility index (Phi) is 9.77. The fourth-order valence-electron chi connectivity index (χ4n) is 3.88. The van der Waals surface area contributed by atoms with Crippen molar-refractivity contribution in [3.8, 4) is 5.75 Å². The Morgan fingerprint density at radius 2 is 1.49 bits per heavy atom. The standard InChI is InChI=1S/C26H24F5N3O5/c1-32-26(37)17(11-13-6-7-14-4-2-3-5-15(14)10-13)33-25(36)16(12-18(35)34-38)8-9-39-24-22(30)20(28)19(27)21(29)23(24)31/h2-7,10,16-17,38H,8-9,11-12H2,1H3,(H,32,37)(H,33,36)(H,34,35). The van der Waals surface area contributed by atoms with Gasteiger partial charge in [-0.1, -0.05) is 42.5 Å². The molecule has 8 nitrogen and oxygen atoms in total. The number of carbonyl (C=O) groups is 3. The van der Waals surface area contributed by atoms with E-state index in [1.165, 1.54) is 12.5 Å². The van der Waals surface area contributed by atoms with Crippen LogP contribution in [-0.4, -0.2) is 42.6 Å². The highest BCUT2D eigenvalue weighted by Crippen LogP contribution is 2.29. The van der Waals surface area contributed by atoms with Crippen LogP contribution in [-0.2, 0) is 20.8 Å². The molecular formula is C26H24F5N3O5. The van der Waals surface area contributed by atoms with Crippen LogP contribution in [0.15, 0.2) is 42.5 Å². The second-order valence-electron chi connectivity index (χ2n) is 8.53. The highest BCUT2D eigenvalue weighted by Gasteiger charge is 2.30. The minimum Gasteiger partial charge on any atom is -0.487 e. The molecule has 13 heteroatoms. The third kappa shape index (κ3) is 6.99. The highest BCUT2D eigenvalue weighted by molar-refractivity contribution is 5.91. The fourth-order valence-corrected chi connectivity index (χ4v) is 3.88. The van der Waals surface area contributed by atoms with E-state index in [-0.39, 0.29) is 6.42 Å². The molecule has 3 amide bonds. The van der Waals surface area contributed by atoms with Crippen LogP contribution in [0.2, 0.25) is 0 Å². The summed E-state index contributed by atoms with van der Waals surface area (Å²) in [4.78, 5) is 37.3. The molecule has 0 radical (unpaired) electrons. The second-order valence-corrected chi connectivity index (χ2v) is 8.53. The lowest BCUT2D eigenvalue weighted by molar-refractivity contribution is -0.136. The topological polar surface area (TPSA) is 117 Å². The van der Waals surface area contributed by atoms with Crippen LogP contribution in [0.25, 0.3) is 10.8 Å². The van der Waals surface area contributed by atoms with Crippen molar-refractivity contribution >= 4 is 28.5 Å². The van der Waals surface area contributed by atoms with Crippen LogP contribution in [0.4, 0.5) is 22.0 Å². The normalized spacial score (nSPS) is 12.5. The van der Waals surface area contributed by atoms with Gasteiger partial charge in [0.05, 0.1) is 6.61 Å². The number of halogens is 5. The van der Waals surface area contributed by atoms with Crippen LogP contribution in [0, 0.1) is 35.0 Å². The third-order valence-electron chi connectivity index (χ3n) is 5.94. The minimum absolute atomic E-state index is 0.0657. The number of fused-ring (bicyclic) bond motifs is 1. The number of likely N-dealkylation sites (N-methyl/N-ethyl adjacent to an activating group) is 1. The van der Waals surface area contributed by atoms with Gasteiger partial charge >= 0.3 is 0 Å². The van der Waals surface area contributed by atoms with E-state index < -0.39 is 84.0 Å². The molecule has 2 unspecified atom stereocenters. The molecule has 0 saturated heterocycles. The SMILES string of the molecule is CNC(=O)C(Cc1ccc2ccccc2c1)NC(=O)C(CCOc1c(F)c(F)c(F)c(F)c1F)CC(=O)NO. The monoisotopic (exact) mass is 553 g/mol. The summed E-state index contributed by atoms with van der Waals surface area (Å²) in [5, 5.41) is 15.7. The van der Waals surface area contributed by atoms with Crippen LogP contribution in [0.3, 0.4) is 0 Å². The van der Waals surface area contributed by atoms with Gasteiger partial charge in [0.15, 0.2) is 5.75 Å². The number of carbonyl (C=O) groups excluding carboxylic acids is 3. The van der Waals surface area contributed by atoms with E-state index in [1.54, 1.807) is 6.07 Å². The summed E-state index contributed by atoms with van der Waals surface area (Å²) in [5.41, 5.74) is 2.05. The van der Waals surface area contributed by atoms with Gasteiger partial charge in [-0.2, -0.15) is 8.78 Å². The first kappa shape index (κ1) is 29.3. The maximum absolute atomic E-state index is 13.9. The lowest BCUT2D eigenvalue weighted by Gasteiger charge is -2.22. The number of hydrogen-bond donors (Lipinski definition) is 4. The first-order valence-electron chi connectivity index (χ1n) is 11.6. The van der Waals surface area contributed by atoms with Gasteiger partial charge in [-0.25, -0.2) is 18.7 Å². The maximum atomic E-state index is 13.9. The zero-order chi connectivity index (χ0) is 28.7. The summed E-state index contributed by atoms with van der Waals surface area (Å²) in [6, 6.07) is 11.9. The molecule has 0 aliphatic carbocycles. The lowest BCUT2D eigenvalue weighted by Crippen LogP contribution is -2.49. The molecule has 39 heavy (non-hydrogen) atoms. The van der Waals surface area contributed by atoms with Gasteiger partial charge in [0.1, 0.15) is 6.04 Å². The lowest BCUT2D eigenvalue weighted by atomic mass is 9.97. The summed E-state index contributed by atoms with van der Waals surface area (Å²) in [6.45, 7) is -0.746. The molecule has 3 rings (SSSR count). The molecule has 0 bridgehead atoms. The number of ether oxygens (including phenoxy) is 1. The van der Waals surface area contributed by atoms with Crippen LogP contribution < -0.4 is 20.9 Å². The second kappa shape index (κ2) is 13.0. The first-order valence-corrected chi connectivity index (χ1v) is 11.6. The predicted octanol–water partition coefficient (Wildman–Crippen LogP) is 3.29. The van der Waals surface area contributed by atoms with Crippen molar-refractivity contribution < 1.29 is 46.3 Å². The quantitative estimate of drug-likeness (QED) is 0.0957. The predicted molar refractivity (Wildman–Crippen MR) is 128 cm³/mol. The molecule has 0 saturated carbocycles. The van der Waals surface area contributed by atoms with E-state index in [1.807, 2.05) is 36.4 Å². The van der Waals surface area contributed by atoms with Crippen molar-refractivity contribution in [2.24, 2.45) is 5.92 Å². The van der Waals surface area contributed by atoms with Crippen molar-refractivity contribution in [2.75, 3.05) is 13.7 Å². The number of benzene rings is 3. The summed E-state index contributed by atoms with van der Waals surface area (Å²) < 4.78 is 72.6. The van der Waals surface area contributed by atoms with Crippen LogP contribution >= 0.6 is 0 Å². The fraction of sp³-hybridized carbons (Fsp3) is 0.269. The number of rotatable bonds is 11. The van der Waals surface area contributed by atoms with E-state index in [0.29, 0.717) is 5.56 Å². The van der Waals surface area contributed by atoms with Crippen LogP contribution in [0.5, 0.6) is 5.75 Å². The average Bonchev–Trinajstić information content (AvgIpc) is 2.95. The van der Waals surface area contributed by atoms with Crippen LogP contribution in [0.1, 0.15) is 18.4 Å². The molecule has 3 aromatic rings. The molecule has 208 valence electrons. The van der Waals surface area contributed by atoms with Gasteiger partial charge in [-0.15, -0.1) is 0 Å². The van der Waals surface area contributed by atoms with Gasteiger partial charge in [0, 0.05) is 25.8 Å². The molecule has 4 N–H and O–H groups in total. The number of hydroxylamine groups is 1. The van der Waals surface area contributed by atoms with Crippen molar-refractivity contribution in [3.63, 3.8) is 0 Å². The number of nitrogens with one attached hydrogen (secondary N) is 3. The van der Waals surface area contributed by atoms with Gasteiger partial charge in [-0.05, 0) is 22.8 Å². The zero-order valence-electron chi connectivity index (χ0n) is 20.5. The Morgan fingerprint density at radius 3 is 2.10 bits per heavy atom. The zero-order valence-corrected chi connectivity index (χ0v) is 20.5. The van der Waals surface area contributed by atoms with E-state index in [2.05, 4.69) is 10.6 Å². The largest absolute Gasteiger partial charge is 0.487 e. The number of amides is 3. The van der Waals surface area contributed by atoms with Gasteiger partial charge in [-0.3, -0.25) is 19.6 Å². The minimum atomic E-state index is -2.36. The summed E-state index contributed by atoms with van der Waals surface area (Å²) in [5.74, 6) is -16.4. The molecule has 0 heterocycles. The van der Waals surface area contributed by atoms with Gasteiger partial charge < -0.3 is 15.4 Å². The van der Waals surface area contributed by atoms with Crippen molar-refractivity contribution in [1.29, 1.82) is 0 Å². The number of hydrogen-bond acceptors (Lipinski definition) is 5. The Hall–Kier alpha value is -4.26. The Labute approximate surface area is 219 Å². The highest BCUT2D eigenvalue weighted by atomic mass is 19.2. The summed E-state index contributed by atoms with van der Waals surface area (Å²) in [7, 11) is 1.36. The Bertz CT molecular complexity index is 1360. The van der Waals surface area contributed by atoms with Crippen molar-refractivity contribution in [2.45, 2.75) is 25.3 Å². The first-order chi connectivity index (χ1) is 18.6. The third-order valence-corrected chi connectivity index (χ3v) is 5.94. The Morgan fingerprint density at radius 1 is 0.872 bits per heavy atom.